The molecular formula is C19H19NO3S2. The smallest absolute Gasteiger partial charge is 0.264 e. The number of hydrogen-bond acceptors (Lipinski definition) is 4. The van der Waals surface area contributed by atoms with Crippen LogP contribution in [0.5, 0.6) is 5.75 Å². The Morgan fingerprint density at radius 2 is 1.68 bits per heavy atom. The predicted octanol–water partition coefficient (Wildman–Crippen LogP) is 4.46. The summed E-state index contributed by atoms with van der Waals surface area (Å²) in [5, 5.41) is 1.94. The molecule has 4 nitrogen and oxygen atoms in total. The molecule has 0 unspecified atom stereocenters. The average Bonchev–Trinajstić information content (AvgIpc) is 3.13. The summed E-state index contributed by atoms with van der Waals surface area (Å²) in [6, 6.07) is 17.8. The van der Waals surface area contributed by atoms with Crippen molar-refractivity contribution in [3.8, 4) is 5.75 Å². The molecule has 0 saturated carbocycles. The Labute approximate surface area is 152 Å². The maximum Gasteiger partial charge on any atom is 0.264 e. The van der Waals surface area contributed by atoms with Gasteiger partial charge in [0.2, 0.25) is 0 Å². The Morgan fingerprint density at radius 1 is 1.00 bits per heavy atom. The summed E-state index contributed by atoms with van der Waals surface area (Å²) < 4.78 is 33.1. The number of methoxy groups -OCH3 is 1. The molecule has 0 amide bonds. The van der Waals surface area contributed by atoms with Gasteiger partial charge >= 0.3 is 0 Å². The highest BCUT2D eigenvalue weighted by molar-refractivity contribution is 7.92. The van der Waals surface area contributed by atoms with E-state index >= 15 is 0 Å². The normalized spacial score (nSPS) is 11.3. The molecule has 130 valence electrons. The van der Waals surface area contributed by atoms with Crippen LogP contribution in [-0.2, 0) is 16.6 Å². The van der Waals surface area contributed by atoms with Gasteiger partial charge in [-0.2, -0.15) is 0 Å². The lowest BCUT2D eigenvalue weighted by molar-refractivity contribution is 0.415. The molecule has 1 aromatic heterocycles. The summed E-state index contributed by atoms with van der Waals surface area (Å²) in [6.07, 6.45) is 0. The number of thiophene rings is 1. The summed E-state index contributed by atoms with van der Waals surface area (Å²) in [7, 11) is -2.08. The summed E-state index contributed by atoms with van der Waals surface area (Å²) in [6.45, 7) is 2.23. The average molecular weight is 373 g/mol. The third-order valence-electron chi connectivity index (χ3n) is 3.85. The van der Waals surface area contributed by atoms with Crippen LogP contribution in [0.1, 0.15) is 10.4 Å². The van der Waals surface area contributed by atoms with Gasteiger partial charge in [-0.3, -0.25) is 4.31 Å². The number of hydrogen-bond donors (Lipinski definition) is 0. The Bertz CT molecular complexity index is 916. The predicted molar refractivity (Wildman–Crippen MR) is 102 cm³/mol. The first-order valence-electron chi connectivity index (χ1n) is 7.76. The third-order valence-corrected chi connectivity index (χ3v) is 6.50. The van der Waals surface area contributed by atoms with Gasteiger partial charge in [0.25, 0.3) is 10.0 Å². The molecule has 1 heterocycles. The van der Waals surface area contributed by atoms with E-state index in [-0.39, 0.29) is 4.90 Å². The molecule has 0 aliphatic heterocycles. The van der Waals surface area contributed by atoms with Crippen LogP contribution in [0.15, 0.2) is 70.9 Å². The number of nitrogens with zero attached hydrogens (tertiary/aromatic N) is 1. The van der Waals surface area contributed by atoms with Crippen molar-refractivity contribution in [2.75, 3.05) is 11.4 Å². The Kier molecular flexibility index (Phi) is 5.11. The Morgan fingerprint density at radius 3 is 2.24 bits per heavy atom. The molecule has 0 fully saturated rings. The highest BCUT2D eigenvalue weighted by atomic mass is 32.2. The molecule has 3 rings (SSSR count). The van der Waals surface area contributed by atoms with Crippen LogP contribution in [0.3, 0.4) is 0 Å². The van der Waals surface area contributed by atoms with Gasteiger partial charge in [0.1, 0.15) is 5.75 Å². The molecule has 25 heavy (non-hydrogen) atoms. The second-order valence-electron chi connectivity index (χ2n) is 5.60. The van der Waals surface area contributed by atoms with Crippen molar-refractivity contribution in [2.24, 2.45) is 0 Å². The fraction of sp³-hybridized carbons (Fsp3) is 0.158. The van der Waals surface area contributed by atoms with E-state index in [2.05, 4.69) is 0 Å². The molecule has 0 atom stereocenters. The van der Waals surface area contributed by atoms with E-state index in [4.69, 9.17) is 4.74 Å². The highest BCUT2D eigenvalue weighted by Crippen LogP contribution is 2.28. The van der Waals surface area contributed by atoms with Crippen LogP contribution in [0, 0.1) is 6.92 Å². The van der Waals surface area contributed by atoms with Gasteiger partial charge in [0, 0.05) is 4.88 Å². The topological polar surface area (TPSA) is 46.6 Å². The summed E-state index contributed by atoms with van der Waals surface area (Å²) in [5.74, 6) is 0.688. The van der Waals surface area contributed by atoms with Crippen molar-refractivity contribution >= 4 is 27.0 Å². The minimum atomic E-state index is -3.67. The number of rotatable bonds is 6. The summed E-state index contributed by atoms with van der Waals surface area (Å²) in [4.78, 5) is 1.26. The third kappa shape index (κ3) is 3.86. The van der Waals surface area contributed by atoms with Crippen LogP contribution in [-0.4, -0.2) is 15.5 Å². The van der Waals surface area contributed by atoms with Crippen LogP contribution >= 0.6 is 11.3 Å². The molecule has 0 bridgehead atoms. The molecule has 0 aliphatic rings. The molecule has 2 aromatic carbocycles. The number of benzene rings is 2. The second-order valence-corrected chi connectivity index (χ2v) is 8.50. The van der Waals surface area contributed by atoms with E-state index in [1.807, 2.05) is 36.6 Å². The summed E-state index contributed by atoms with van der Waals surface area (Å²) >= 11 is 1.54. The molecule has 0 radical (unpaired) electrons. The van der Waals surface area contributed by atoms with Crippen molar-refractivity contribution in [2.45, 2.75) is 18.4 Å². The van der Waals surface area contributed by atoms with Gasteiger partial charge in [-0.15, -0.1) is 11.3 Å². The minimum absolute atomic E-state index is 0.283. The van der Waals surface area contributed by atoms with Crippen molar-refractivity contribution < 1.29 is 13.2 Å². The largest absolute Gasteiger partial charge is 0.497 e. The molecule has 0 saturated heterocycles. The lowest BCUT2D eigenvalue weighted by Gasteiger charge is -2.24. The number of ether oxygens (including phenoxy) is 1. The molecule has 6 heteroatoms. The van der Waals surface area contributed by atoms with E-state index in [9.17, 15) is 8.42 Å². The highest BCUT2D eigenvalue weighted by Gasteiger charge is 2.25. The molecule has 3 aromatic rings. The first kappa shape index (κ1) is 17.5. The summed E-state index contributed by atoms with van der Waals surface area (Å²) in [5.41, 5.74) is 1.63. The zero-order chi connectivity index (χ0) is 17.9. The maximum absolute atomic E-state index is 13.2. The number of sulfonamides is 1. The maximum atomic E-state index is 13.2. The van der Waals surface area contributed by atoms with Gasteiger partial charge < -0.3 is 4.74 Å². The first-order chi connectivity index (χ1) is 12.0. The van der Waals surface area contributed by atoms with Gasteiger partial charge in [-0.25, -0.2) is 8.42 Å². The SMILES string of the molecule is COc1ccc(N(Cc2cccs2)S(=O)(=O)c2ccc(C)cc2)cc1. The van der Waals surface area contributed by atoms with Gasteiger partial charge in [0.05, 0.1) is 24.2 Å². The molecular weight excluding hydrogens is 354 g/mol. The molecule has 0 aliphatic carbocycles. The van der Waals surface area contributed by atoms with Crippen LogP contribution in [0.4, 0.5) is 5.69 Å². The lowest BCUT2D eigenvalue weighted by Crippen LogP contribution is -2.30. The van der Waals surface area contributed by atoms with E-state index in [0.717, 1.165) is 10.4 Å². The Hall–Kier alpha value is -2.31. The van der Waals surface area contributed by atoms with Crippen molar-refractivity contribution in [1.29, 1.82) is 0 Å². The molecule has 0 spiro atoms. The van der Waals surface area contributed by atoms with E-state index in [1.54, 1.807) is 43.5 Å². The van der Waals surface area contributed by atoms with E-state index in [0.29, 0.717) is 18.0 Å². The quantitative estimate of drug-likeness (QED) is 0.641. The monoisotopic (exact) mass is 373 g/mol. The van der Waals surface area contributed by atoms with Crippen LogP contribution < -0.4 is 9.04 Å². The minimum Gasteiger partial charge on any atom is -0.497 e. The van der Waals surface area contributed by atoms with Gasteiger partial charge in [0.15, 0.2) is 0 Å². The lowest BCUT2D eigenvalue weighted by atomic mass is 10.2. The van der Waals surface area contributed by atoms with Crippen molar-refractivity contribution in [3.05, 3.63) is 76.5 Å². The molecule has 0 N–H and O–H groups in total. The van der Waals surface area contributed by atoms with Crippen LogP contribution in [0.25, 0.3) is 0 Å². The van der Waals surface area contributed by atoms with E-state index in [1.165, 1.54) is 15.6 Å². The number of anilines is 1. The fourth-order valence-corrected chi connectivity index (χ4v) is 4.66. The standard InChI is InChI=1S/C19H19NO3S2/c1-15-5-11-19(12-6-15)25(21,22)20(14-18-4-3-13-24-18)16-7-9-17(23-2)10-8-16/h3-13H,14H2,1-2H3. The van der Waals surface area contributed by atoms with E-state index < -0.39 is 10.0 Å². The van der Waals surface area contributed by atoms with Gasteiger partial charge in [-0.1, -0.05) is 23.8 Å². The second kappa shape index (κ2) is 7.29. The van der Waals surface area contributed by atoms with Crippen molar-refractivity contribution in [1.82, 2.24) is 0 Å². The number of aryl methyl sites for hydroxylation is 1. The van der Waals surface area contributed by atoms with Gasteiger partial charge in [-0.05, 0) is 54.8 Å². The fourth-order valence-electron chi connectivity index (χ4n) is 2.45. The van der Waals surface area contributed by atoms with Crippen molar-refractivity contribution in [3.63, 3.8) is 0 Å². The Balaban J connectivity index is 2.04. The zero-order valence-electron chi connectivity index (χ0n) is 14.0. The zero-order valence-corrected chi connectivity index (χ0v) is 15.7. The first-order valence-corrected chi connectivity index (χ1v) is 10.1. The van der Waals surface area contributed by atoms with Crippen LogP contribution in [0.2, 0.25) is 0 Å².